The summed E-state index contributed by atoms with van der Waals surface area (Å²) >= 11 is 0. The van der Waals surface area contributed by atoms with Gasteiger partial charge in [-0.15, -0.1) is 0 Å². The first-order chi connectivity index (χ1) is 11.6. The lowest BCUT2D eigenvalue weighted by Crippen LogP contribution is -2.30. The van der Waals surface area contributed by atoms with Crippen molar-refractivity contribution >= 4 is 11.8 Å². The van der Waals surface area contributed by atoms with Crippen molar-refractivity contribution in [3.8, 4) is 11.5 Å². The van der Waals surface area contributed by atoms with Crippen molar-refractivity contribution in [2.24, 2.45) is 0 Å². The van der Waals surface area contributed by atoms with Crippen molar-refractivity contribution in [3.05, 3.63) is 53.6 Å². The molecule has 2 aromatic carbocycles. The van der Waals surface area contributed by atoms with Crippen LogP contribution in [-0.2, 0) is 10.2 Å². The highest BCUT2D eigenvalue weighted by Gasteiger charge is 2.50. The van der Waals surface area contributed by atoms with Crippen LogP contribution in [0.1, 0.15) is 24.5 Å². The number of ether oxygens (including phenoxy) is 3. The topological polar surface area (TPSA) is 56.8 Å². The van der Waals surface area contributed by atoms with E-state index in [4.69, 9.17) is 14.2 Å². The van der Waals surface area contributed by atoms with E-state index in [-0.39, 0.29) is 11.7 Å². The summed E-state index contributed by atoms with van der Waals surface area (Å²) in [5.74, 6) is 1.30. The van der Waals surface area contributed by atoms with Crippen LogP contribution >= 0.6 is 0 Å². The predicted octanol–water partition coefficient (Wildman–Crippen LogP) is 4.00. The van der Waals surface area contributed by atoms with E-state index in [1.807, 2.05) is 43.3 Å². The minimum absolute atomic E-state index is 0.179. The molecule has 0 aliphatic carbocycles. The summed E-state index contributed by atoms with van der Waals surface area (Å²) < 4.78 is 16.9. The van der Waals surface area contributed by atoms with Gasteiger partial charge in [0.1, 0.15) is 11.5 Å². The number of nitrogens with one attached hydrogen (secondary N) is 1. The maximum Gasteiger partial charge on any atom is 0.417 e. The monoisotopic (exact) mass is 325 g/mol. The first-order valence-corrected chi connectivity index (χ1v) is 8.03. The van der Waals surface area contributed by atoms with E-state index < -0.39 is 6.09 Å². The molecule has 0 saturated carbocycles. The SMILES string of the molecule is Cc1ccccc1NC(=O)Oc1ccc2c(c1)[C@@]1(C)CCO[C@H]1O2. The standard InChI is InChI=1S/C19H19NO4/c1-12-5-3-4-6-15(12)20-18(21)23-13-7-8-16-14(11-13)19(2)9-10-22-17(19)24-16/h3-8,11,17H,9-10H2,1-2H3,(H,20,21)/t17-,19+/m0/s1. The van der Waals surface area contributed by atoms with Crippen LogP contribution in [0.5, 0.6) is 11.5 Å². The van der Waals surface area contributed by atoms with Crippen LogP contribution < -0.4 is 14.8 Å². The first kappa shape index (κ1) is 15.0. The third-order valence-corrected chi connectivity index (χ3v) is 4.80. The molecule has 2 aliphatic rings. The van der Waals surface area contributed by atoms with Gasteiger partial charge < -0.3 is 14.2 Å². The van der Waals surface area contributed by atoms with E-state index in [0.29, 0.717) is 12.4 Å². The fraction of sp³-hybridized carbons (Fsp3) is 0.316. The van der Waals surface area contributed by atoms with Gasteiger partial charge in [-0.3, -0.25) is 5.32 Å². The number of carbonyl (C=O) groups is 1. The number of para-hydroxylation sites is 1. The Hall–Kier alpha value is -2.53. The molecule has 0 radical (unpaired) electrons. The fourth-order valence-corrected chi connectivity index (χ4v) is 3.30. The van der Waals surface area contributed by atoms with Crippen LogP contribution in [0.4, 0.5) is 10.5 Å². The molecule has 1 fully saturated rings. The zero-order valence-electron chi connectivity index (χ0n) is 13.7. The van der Waals surface area contributed by atoms with Gasteiger partial charge >= 0.3 is 6.09 Å². The van der Waals surface area contributed by atoms with Crippen LogP contribution in [0.25, 0.3) is 0 Å². The van der Waals surface area contributed by atoms with Gasteiger partial charge in [-0.1, -0.05) is 18.2 Å². The number of fused-ring (bicyclic) bond motifs is 3. The molecule has 5 heteroatoms. The molecule has 0 unspecified atom stereocenters. The molecule has 2 heterocycles. The van der Waals surface area contributed by atoms with Crippen LogP contribution in [0.3, 0.4) is 0 Å². The number of hydrogen-bond donors (Lipinski definition) is 1. The largest absolute Gasteiger partial charge is 0.464 e. The molecule has 2 atom stereocenters. The number of amides is 1. The second-order valence-corrected chi connectivity index (χ2v) is 6.48. The third kappa shape index (κ3) is 2.41. The third-order valence-electron chi connectivity index (χ3n) is 4.80. The summed E-state index contributed by atoms with van der Waals surface area (Å²) in [6, 6.07) is 13.0. The van der Waals surface area contributed by atoms with E-state index in [2.05, 4.69) is 12.2 Å². The fourth-order valence-electron chi connectivity index (χ4n) is 3.30. The number of carbonyl (C=O) groups excluding carboxylic acids is 1. The second kappa shape index (κ2) is 5.53. The Kier molecular flexibility index (Phi) is 3.46. The molecule has 0 spiro atoms. The van der Waals surface area contributed by atoms with Gasteiger partial charge in [0.05, 0.1) is 12.0 Å². The molecular formula is C19H19NO4. The van der Waals surface area contributed by atoms with Crippen molar-refractivity contribution in [3.63, 3.8) is 0 Å². The molecule has 2 aromatic rings. The van der Waals surface area contributed by atoms with Crippen molar-refractivity contribution in [2.45, 2.75) is 32.0 Å². The Morgan fingerprint density at radius 2 is 2.12 bits per heavy atom. The van der Waals surface area contributed by atoms with Crippen LogP contribution in [-0.4, -0.2) is 19.0 Å². The molecule has 4 rings (SSSR count). The lowest BCUT2D eigenvalue weighted by atomic mass is 9.82. The number of rotatable bonds is 2. The molecule has 1 saturated heterocycles. The molecule has 0 bridgehead atoms. The lowest BCUT2D eigenvalue weighted by Gasteiger charge is -2.20. The van der Waals surface area contributed by atoms with Crippen molar-refractivity contribution < 1.29 is 19.0 Å². The van der Waals surface area contributed by atoms with E-state index in [1.165, 1.54) is 0 Å². The molecular weight excluding hydrogens is 306 g/mol. The zero-order valence-corrected chi connectivity index (χ0v) is 13.7. The number of hydrogen-bond acceptors (Lipinski definition) is 4. The number of anilines is 1. The molecule has 2 aliphatic heterocycles. The van der Waals surface area contributed by atoms with Crippen molar-refractivity contribution in [2.75, 3.05) is 11.9 Å². The quantitative estimate of drug-likeness (QED) is 0.906. The average molecular weight is 325 g/mol. The van der Waals surface area contributed by atoms with E-state index in [0.717, 1.165) is 29.0 Å². The summed E-state index contributed by atoms with van der Waals surface area (Å²) in [5.41, 5.74) is 2.57. The van der Waals surface area contributed by atoms with Gasteiger partial charge in [-0.05, 0) is 50.1 Å². The molecule has 5 nitrogen and oxygen atoms in total. The van der Waals surface area contributed by atoms with Gasteiger partial charge in [0.25, 0.3) is 0 Å². The summed E-state index contributed by atoms with van der Waals surface area (Å²) in [4.78, 5) is 12.2. The minimum atomic E-state index is -0.507. The number of benzene rings is 2. The highest BCUT2D eigenvalue weighted by molar-refractivity contribution is 5.87. The molecule has 0 aromatic heterocycles. The zero-order chi connectivity index (χ0) is 16.7. The molecule has 1 N–H and O–H groups in total. The smallest absolute Gasteiger partial charge is 0.417 e. The van der Waals surface area contributed by atoms with Crippen LogP contribution in [0.2, 0.25) is 0 Å². The highest BCUT2D eigenvalue weighted by atomic mass is 16.7. The van der Waals surface area contributed by atoms with E-state index in [1.54, 1.807) is 6.07 Å². The summed E-state index contributed by atoms with van der Waals surface area (Å²) in [6.07, 6.45) is 0.139. The maximum absolute atomic E-state index is 12.2. The molecule has 124 valence electrons. The van der Waals surface area contributed by atoms with Gasteiger partial charge in [0.2, 0.25) is 6.29 Å². The van der Waals surface area contributed by atoms with Gasteiger partial charge in [0.15, 0.2) is 0 Å². The van der Waals surface area contributed by atoms with E-state index in [9.17, 15) is 4.79 Å². The van der Waals surface area contributed by atoms with Gasteiger partial charge in [-0.25, -0.2) is 4.79 Å². The second-order valence-electron chi connectivity index (χ2n) is 6.48. The first-order valence-electron chi connectivity index (χ1n) is 8.03. The Morgan fingerprint density at radius 3 is 2.96 bits per heavy atom. The van der Waals surface area contributed by atoms with Crippen molar-refractivity contribution in [1.29, 1.82) is 0 Å². The van der Waals surface area contributed by atoms with Gasteiger partial charge in [-0.2, -0.15) is 0 Å². The van der Waals surface area contributed by atoms with Crippen LogP contribution in [0, 0.1) is 6.92 Å². The lowest BCUT2D eigenvalue weighted by molar-refractivity contribution is -0.0514. The maximum atomic E-state index is 12.2. The Morgan fingerprint density at radius 1 is 1.29 bits per heavy atom. The number of aryl methyl sites for hydroxylation is 1. The van der Waals surface area contributed by atoms with Gasteiger partial charge in [0, 0.05) is 11.3 Å². The Labute approximate surface area is 140 Å². The summed E-state index contributed by atoms with van der Waals surface area (Å²) in [7, 11) is 0. The molecule has 24 heavy (non-hydrogen) atoms. The highest BCUT2D eigenvalue weighted by Crippen LogP contribution is 2.49. The predicted molar refractivity (Wildman–Crippen MR) is 89.6 cm³/mol. The molecule has 1 amide bonds. The minimum Gasteiger partial charge on any atom is -0.464 e. The average Bonchev–Trinajstić information content (AvgIpc) is 3.04. The summed E-state index contributed by atoms with van der Waals surface area (Å²) in [5, 5.41) is 2.77. The Balaban J connectivity index is 1.52. The van der Waals surface area contributed by atoms with E-state index >= 15 is 0 Å². The van der Waals surface area contributed by atoms with Crippen molar-refractivity contribution in [1.82, 2.24) is 0 Å². The Bertz CT molecular complexity index is 804. The normalized spacial score (nSPS) is 24.0. The summed E-state index contributed by atoms with van der Waals surface area (Å²) in [6.45, 7) is 4.73. The van der Waals surface area contributed by atoms with Crippen LogP contribution in [0.15, 0.2) is 42.5 Å².